The summed E-state index contributed by atoms with van der Waals surface area (Å²) in [6, 6.07) is 5.48. The Morgan fingerprint density at radius 3 is 2.78 bits per heavy atom. The van der Waals surface area contributed by atoms with Crippen LogP contribution in [0.5, 0.6) is 0 Å². The summed E-state index contributed by atoms with van der Waals surface area (Å²) in [5.74, 6) is 0.751. The summed E-state index contributed by atoms with van der Waals surface area (Å²) in [4.78, 5) is 4.21. The van der Waals surface area contributed by atoms with Crippen molar-refractivity contribution >= 4 is 22.5 Å². The second kappa shape index (κ2) is 4.91. The molecule has 0 aliphatic carbocycles. The first kappa shape index (κ1) is 13.4. The molecule has 0 amide bonds. The van der Waals surface area contributed by atoms with Crippen LogP contribution in [0.25, 0.3) is 11.1 Å². The second-order valence-electron chi connectivity index (χ2n) is 5.26. The molecule has 0 bridgehead atoms. The maximum atomic E-state index is 12.0. The zero-order valence-electron chi connectivity index (χ0n) is 11.1. The molecule has 5 heteroatoms. The average molecular weight is 266 g/mol. The Bertz CT molecular complexity index is 500. The quantitative estimate of drug-likeness (QED) is 0.868. The summed E-state index contributed by atoms with van der Waals surface area (Å²) >= 11 is -1.12. The Labute approximate surface area is 110 Å². The van der Waals surface area contributed by atoms with E-state index in [4.69, 9.17) is 4.42 Å². The van der Waals surface area contributed by atoms with Crippen LogP contribution in [-0.4, -0.2) is 14.3 Å². The van der Waals surface area contributed by atoms with Gasteiger partial charge in [0.15, 0.2) is 5.58 Å². The summed E-state index contributed by atoms with van der Waals surface area (Å²) in [5.41, 5.74) is 1.57. The lowest BCUT2D eigenvalue weighted by atomic mass is 10.3. The second-order valence-corrected chi connectivity index (χ2v) is 7.25. The minimum Gasteiger partial charge on any atom is -0.598 e. The Kier molecular flexibility index (Phi) is 3.66. The van der Waals surface area contributed by atoms with Crippen molar-refractivity contribution in [2.24, 2.45) is 0 Å². The Morgan fingerprint density at radius 2 is 2.17 bits per heavy atom. The largest absolute Gasteiger partial charge is 0.598 e. The molecule has 18 heavy (non-hydrogen) atoms. The van der Waals surface area contributed by atoms with E-state index in [1.807, 2.05) is 45.9 Å². The summed E-state index contributed by atoms with van der Waals surface area (Å²) in [5, 5.41) is 0. The zero-order chi connectivity index (χ0) is 13.3. The van der Waals surface area contributed by atoms with Crippen LogP contribution in [0.2, 0.25) is 0 Å². The Balaban J connectivity index is 2.16. The van der Waals surface area contributed by atoms with Crippen LogP contribution in [0, 0.1) is 0 Å². The first-order valence-corrected chi connectivity index (χ1v) is 7.05. The predicted octanol–water partition coefficient (Wildman–Crippen LogP) is 2.94. The third kappa shape index (κ3) is 2.85. The number of rotatable bonds is 3. The zero-order valence-corrected chi connectivity index (χ0v) is 11.9. The van der Waals surface area contributed by atoms with Crippen LogP contribution in [-0.2, 0) is 11.4 Å². The molecule has 0 saturated carbocycles. The lowest BCUT2D eigenvalue weighted by molar-refractivity contribution is 0.475. The van der Waals surface area contributed by atoms with Gasteiger partial charge in [-0.2, -0.15) is 0 Å². The van der Waals surface area contributed by atoms with E-state index in [-0.39, 0.29) is 10.8 Å². The highest BCUT2D eigenvalue weighted by Gasteiger charge is 2.29. The summed E-state index contributed by atoms with van der Waals surface area (Å²) in [6.45, 7) is 7.73. The van der Waals surface area contributed by atoms with Crippen LogP contribution >= 0.6 is 0 Å². The van der Waals surface area contributed by atoms with E-state index in [0.717, 1.165) is 16.9 Å². The van der Waals surface area contributed by atoms with Crippen molar-refractivity contribution in [3.05, 3.63) is 30.2 Å². The fraction of sp³-hybridized carbons (Fsp3) is 0.462. The van der Waals surface area contributed by atoms with Crippen molar-refractivity contribution in [2.45, 2.75) is 38.5 Å². The number of pyridine rings is 1. The fourth-order valence-corrected chi connectivity index (χ4v) is 2.29. The molecular weight excluding hydrogens is 248 g/mol. The molecule has 0 aliphatic rings. The molecule has 2 heterocycles. The molecule has 2 atom stereocenters. The smallest absolute Gasteiger partial charge is 0.152 e. The highest BCUT2D eigenvalue weighted by molar-refractivity contribution is 7.90. The van der Waals surface area contributed by atoms with Gasteiger partial charge in [0.25, 0.3) is 0 Å². The van der Waals surface area contributed by atoms with Crippen LogP contribution in [0.4, 0.5) is 0 Å². The van der Waals surface area contributed by atoms with E-state index in [0.29, 0.717) is 0 Å². The maximum absolute atomic E-state index is 12.0. The molecule has 2 rings (SSSR count). The molecule has 0 fully saturated rings. The first-order chi connectivity index (χ1) is 8.38. The first-order valence-electron chi connectivity index (χ1n) is 5.90. The van der Waals surface area contributed by atoms with Gasteiger partial charge in [-0.05, 0) is 39.8 Å². The summed E-state index contributed by atoms with van der Waals surface area (Å²) < 4.78 is 20.4. The number of aromatic nitrogens is 1. The lowest BCUT2D eigenvalue weighted by Crippen LogP contribution is -2.40. The summed E-state index contributed by atoms with van der Waals surface area (Å²) in [6.07, 6.45) is 1.73. The Morgan fingerprint density at radius 1 is 1.44 bits per heavy atom. The minimum atomic E-state index is -1.12. The van der Waals surface area contributed by atoms with Gasteiger partial charge in [0, 0.05) is 23.6 Å². The molecule has 2 aromatic heterocycles. The molecule has 4 nitrogen and oxygen atoms in total. The van der Waals surface area contributed by atoms with Crippen molar-refractivity contribution in [2.75, 3.05) is 0 Å². The van der Waals surface area contributed by atoms with Gasteiger partial charge in [0.1, 0.15) is 22.1 Å². The number of nitrogens with zero attached hydrogens (tertiary/aromatic N) is 1. The van der Waals surface area contributed by atoms with E-state index >= 15 is 0 Å². The van der Waals surface area contributed by atoms with Gasteiger partial charge < -0.3 is 8.97 Å². The molecule has 0 unspecified atom stereocenters. The predicted molar refractivity (Wildman–Crippen MR) is 73.5 cm³/mol. The van der Waals surface area contributed by atoms with Crippen molar-refractivity contribution in [3.8, 4) is 0 Å². The van der Waals surface area contributed by atoms with Crippen LogP contribution < -0.4 is 4.72 Å². The Hall–Kier alpha value is -1.04. The van der Waals surface area contributed by atoms with E-state index in [1.165, 1.54) is 0 Å². The molecule has 0 saturated heterocycles. The molecule has 2 aromatic rings. The van der Waals surface area contributed by atoms with Gasteiger partial charge in [-0.1, -0.05) is 0 Å². The highest BCUT2D eigenvalue weighted by Crippen LogP contribution is 2.24. The minimum absolute atomic E-state index is 0.112. The third-order valence-corrected chi connectivity index (χ3v) is 4.25. The van der Waals surface area contributed by atoms with Gasteiger partial charge >= 0.3 is 0 Å². The number of hydrogen-bond donors (Lipinski definition) is 1. The normalized spacial score (nSPS) is 15.8. The molecule has 0 aromatic carbocycles. The number of furan rings is 1. The molecular formula is C13H18N2O2S. The van der Waals surface area contributed by atoms with Crippen LogP contribution in [0.1, 0.15) is 39.5 Å². The van der Waals surface area contributed by atoms with E-state index < -0.39 is 11.4 Å². The van der Waals surface area contributed by atoms with E-state index in [2.05, 4.69) is 9.71 Å². The molecule has 98 valence electrons. The highest BCUT2D eigenvalue weighted by atomic mass is 32.2. The standard InChI is InChI=1S/C13H18N2O2S/c1-9(15-18(16)13(2,3)4)12-8-10-11(17-12)6-5-7-14-10/h5-9,15H,1-4H3/t9-,18-/m0/s1. The maximum Gasteiger partial charge on any atom is 0.152 e. The number of fused-ring (bicyclic) bond motifs is 1. The van der Waals surface area contributed by atoms with Crippen LogP contribution in [0.15, 0.2) is 28.8 Å². The summed E-state index contributed by atoms with van der Waals surface area (Å²) in [7, 11) is 0. The van der Waals surface area contributed by atoms with Gasteiger partial charge in [-0.3, -0.25) is 4.98 Å². The molecule has 0 spiro atoms. The fourth-order valence-electron chi connectivity index (χ4n) is 1.50. The monoisotopic (exact) mass is 266 g/mol. The molecule has 0 radical (unpaired) electrons. The molecule has 0 aliphatic heterocycles. The van der Waals surface area contributed by atoms with E-state index in [9.17, 15) is 4.55 Å². The van der Waals surface area contributed by atoms with Gasteiger partial charge in [-0.25, -0.2) is 0 Å². The topological polar surface area (TPSA) is 61.1 Å². The number of hydrogen-bond acceptors (Lipinski definition) is 4. The number of nitrogens with one attached hydrogen (secondary N) is 1. The molecule has 1 N–H and O–H groups in total. The van der Waals surface area contributed by atoms with E-state index in [1.54, 1.807) is 6.20 Å². The van der Waals surface area contributed by atoms with Gasteiger partial charge in [0.05, 0.1) is 0 Å². The lowest BCUT2D eigenvalue weighted by Gasteiger charge is -2.25. The average Bonchev–Trinajstić information content (AvgIpc) is 2.71. The van der Waals surface area contributed by atoms with Crippen molar-refractivity contribution in [3.63, 3.8) is 0 Å². The SMILES string of the molecule is C[C@H](N[S@@+]([O-])C(C)(C)C)c1cc2ncccc2o1. The van der Waals surface area contributed by atoms with Crippen molar-refractivity contribution in [1.29, 1.82) is 0 Å². The van der Waals surface area contributed by atoms with Gasteiger partial charge in [-0.15, -0.1) is 4.72 Å². The van der Waals surface area contributed by atoms with Crippen molar-refractivity contribution in [1.82, 2.24) is 9.71 Å². The van der Waals surface area contributed by atoms with Crippen LogP contribution in [0.3, 0.4) is 0 Å². The van der Waals surface area contributed by atoms with Crippen molar-refractivity contribution < 1.29 is 8.97 Å². The third-order valence-electron chi connectivity index (χ3n) is 2.57. The van der Waals surface area contributed by atoms with Gasteiger partial charge in [0.2, 0.25) is 0 Å².